The van der Waals surface area contributed by atoms with Gasteiger partial charge in [0.1, 0.15) is 0 Å². The van der Waals surface area contributed by atoms with Crippen molar-refractivity contribution < 1.29 is 14.4 Å². The molecule has 0 aliphatic rings. The van der Waals surface area contributed by atoms with Gasteiger partial charge in [0.05, 0.1) is 0 Å². The molecular formula is C4H7O3P-2. The molecule has 0 aromatic heterocycles. The number of hydrogen-bond donors (Lipinski definition) is 0. The topological polar surface area (TPSA) is 63.2 Å². The molecule has 0 fully saturated rings. The molecule has 3 nitrogen and oxygen atoms in total. The molecule has 0 heterocycles. The molecule has 0 bridgehead atoms. The van der Waals surface area contributed by atoms with E-state index in [1.54, 1.807) is 6.92 Å². The Morgan fingerprint density at radius 1 is 1.75 bits per heavy atom. The SMILES string of the molecule is C=C(CC)P(=O)([O-])[O-]. The highest BCUT2D eigenvalue weighted by molar-refractivity contribution is 7.53. The monoisotopic (exact) mass is 134 g/mol. The highest BCUT2D eigenvalue weighted by Crippen LogP contribution is 2.35. The summed E-state index contributed by atoms with van der Waals surface area (Å²) in [7, 11) is -4.45. The van der Waals surface area contributed by atoms with Crippen LogP contribution in [0.4, 0.5) is 0 Å². The minimum absolute atomic E-state index is 0.213. The molecule has 0 spiro atoms. The first-order valence-corrected chi connectivity index (χ1v) is 3.73. The lowest BCUT2D eigenvalue weighted by molar-refractivity contribution is -0.310. The second-order valence-corrected chi connectivity index (χ2v) is 3.04. The van der Waals surface area contributed by atoms with E-state index in [0.717, 1.165) is 0 Å². The first-order valence-electron chi connectivity index (χ1n) is 2.19. The average Bonchev–Trinajstić information content (AvgIpc) is 1.62. The standard InChI is InChI=1S/C4H9O3P/c1-3-4(2)8(5,6)7/h2-3H2,1H3,(H2,5,6,7)/p-2. The third-order valence-electron chi connectivity index (χ3n) is 0.795. The summed E-state index contributed by atoms with van der Waals surface area (Å²) in [6.07, 6.45) is 0.213. The summed E-state index contributed by atoms with van der Waals surface area (Å²) >= 11 is 0. The Labute approximate surface area is 48.2 Å². The summed E-state index contributed by atoms with van der Waals surface area (Å²) in [6, 6.07) is 0. The zero-order chi connectivity index (χ0) is 6.78. The Morgan fingerprint density at radius 2 is 2.12 bits per heavy atom. The molecule has 48 valence electrons. The van der Waals surface area contributed by atoms with Gasteiger partial charge in [-0.15, -0.1) is 0 Å². The Hall–Kier alpha value is -0.110. The Kier molecular flexibility index (Phi) is 2.41. The van der Waals surface area contributed by atoms with Gasteiger partial charge in [-0.05, 0) is 19.3 Å². The zero-order valence-electron chi connectivity index (χ0n) is 4.59. The lowest BCUT2D eigenvalue weighted by Gasteiger charge is -2.30. The molecule has 0 rings (SSSR count). The largest absolute Gasteiger partial charge is 0.808 e. The smallest absolute Gasteiger partial charge is 0.0302 e. The lowest BCUT2D eigenvalue weighted by Crippen LogP contribution is -2.14. The third-order valence-corrected chi connectivity index (χ3v) is 1.89. The molecule has 4 heteroatoms. The molecule has 0 aliphatic carbocycles. The first kappa shape index (κ1) is 7.89. The molecule has 0 aliphatic heterocycles. The van der Waals surface area contributed by atoms with Gasteiger partial charge in [-0.3, -0.25) is 0 Å². The van der Waals surface area contributed by atoms with Crippen molar-refractivity contribution in [2.45, 2.75) is 13.3 Å². The first-order chi connectivity index (χ1) is 3.48. The van der Waals surface area contributed by atoms with Crippen LogP contribution in [0.5, 0.6) is 0 Å². The van der Waals surface area contributed by atoms with Gasteiger partial charge in [-0.2, -0.15) is 0 Å². The van der Waals surface area contributed by atoms with Crippen LogP contribution in [0.15, 0.2) is 11.9 Å². The van der Waals surface area contributed by atoms with E-state index in [-0.39, 0.29) is 11.7 Å². The van der Waals surface area contributed by atoms with E-state index in [2.05, 4.69) is 6.58 Å². The lowest BCUT2D eigenvalue weighted by atomic mass is 10.5. The van der Waals surface area contributed by atoms with Gasteiger partial charge in [0, 0.05) is 0 Å². The van der Waals surface area contributed by atoms with Crippen molar-refractivity contribution in [3.8, 4) is 0 Å². The third kappa shape index (κ3) is 2.26. The molecule has 0 saturated carbocycles. The highest BCUT2D eigenvalue weighted by atomic mass is 31.2. The maximum Gasteiger partial charge on any atom is -0.0302 e. The molecule has 8 heavy (non-hydrogen) atoms. The van der Waals surface area contributed by atoms with Crippen LogP contribution in [0.3, 0.4) is 0 Å². The second kappa shape index (κ2) is 2.44. The number of rotatable bonds is 2. The molecule has 0 amide bonds. The van der Waals surface area contributed by atoms with E-state index in [0.29, 0.717) is 0 Å². The van der Waals surface area contributed by atoms with Gasteiger partial charge >= 0.3 is 0 Å². The van der Waals surface area contributed by atoms with Gasteiger partial charge in [0.25, 0.3) is 0 Å². The van der Waals surface area contributed by atoms with Crippen molar-refractivity contribution in [3.05, 3.63) is 11.9 Å². The summed E-state index contributed by atoms with van der Waals surface area (Å²) in [6.45, 7) is 4.63. The number of hydrogen-bond acceptors (Lipinski definition) is 3. The van der Waals surface area contributed by atoms with Crippen LogP contribution in [-0.4, -0.2) is 0 Å². The van der Waals surface area contributed by atoms with E-state index in [4.69, 9.17) is 0 Å². The van der Waals surface area contributed by atoms with E-state index in [1.165, 1.54) is 0 Å². The van der Waals surface area contributed by atoms with Crippen molar-refractivity contribution in [2.24, 2.45) is 0 Å². The normalized spacial score (nSPS) is 11.4. The summed E-state index contributed by atoms with van der Waals surface area (Å²) < 4.78 is 9.93. The molecule has 0 saturated heterocycles. The molecule has 0 unspecified atom stereocenters. The van der Waals surface area contributed by atoms with Gasteiger partial charge in [-0.25, -0.2) is 0 Å². The van der Waals surface area contributed by atoms with Gasteiger partial charge in [-0.1, -0.05) is 13.5 Å². The van der Waals surface area contributed by atoms with Gasteiger partial charge in [0.2, 0.25) is 0 Å². The fourth-order valence-corrected chi connectivity index (χ4v) is 0.581. The fraction of sp³-hybridized carbons (Fsp3) is 0.500. The maximum atomic E-state index is 9.93. The van der Waals surface area contributed by atoms with Crippen LogP contribution in [0.25, 0.3) is 0 Å². The quantitative estimate of drug-likeness (QED) is 0.492. The van der Waals surface area contributed by atoms with Crippen LogP contribution >= 0.6 is 7.60 Å². The van der Waals surface area contributed by atoms with E-state index in [9.17, 15) is 14.4 Å². The zero-order valence-corrected chi connectivity index (χ0v) is 5.48. The molecule has 0 radical (unpaired) electrons. The highest BCUT2D eigenvalue weighted by Gasteiger charge is 1.91. The summed E-state index contributed by atoms with van der Waals surface area (Å²) in [4.78, 5) is 19.9. The molecule has 0 N–H and O–H groups in total. The van der Waals surface area contributed by atoms with Crippen LogP contribution in [0, 0.1) is 0 Å². The van der Waals surface area contributed by atoms with E-state index < -0.39 is 7.60 Å². The molecule has 0 aromatic carbocycles. The van der Waals surface area contributed by atoms with Crippen LogP contribution in [0.2, 0.25) is 0 Å². The minimum Gasteiger partial charge on any atom is -0.808 e. The Balaban J connectivity index is 4.04. The summed E-state index contributed by atoms with van der Waals surface area (Å²) in [5, 5.41) is -0.225. The average molecular weight is 134 g/mol. The van der Waals surface area contributed by atoms with Gasteiger partial charge < -0.3 is 14.4 Å². The summed E-state index contributed by atoms with van der Waals surface area (Å²) in [5.41, 5.74) is 0. The van der Waals surface area contributed by atoms with Crippen LogP contribution < -0.4 is 9.79 Å². The summed E-state index contributed by atoms with van der Waals surface area (Å²) in [5.74, 6) is 0. The molecular weight excluding hydrogens is 127 g/mol. The predicted molar refractivity (Wildman–Crippen MR) is 27.0 cm³/mol. The second-order valence-electron chi connectivity index (χ2n) is 1.42. The van der Waals surface area contributed by atoms with Crippen molar-refractivity contribution in [2.75, 3.05) is 0 Å². The van der Waals surface area contributed by atoms with Crippen molar-refractivity contribution in [1.82, 2.24) is 0 Å². The Bertz CT molecular complexity index is 134. The van der Waals surface area contributed by atoms with E-state index in [1.807, 2.05) is 0 Å². The van der Waals surface area contributed by atoms with Crippen LogP contribution in [-0.2, 0) is 4.57 Å². The van der Waals surface area contributed by atoms with E-state index >= 15 is 0 Å². The van der Waals surface area contributed by atoms with Crippen molar-refractivity contribution in [3.63, 3.8) is 0 Å². The van der Waals surface area contributed by atoms with Crippen molar-refractivity contribution in [1.29, 1.82) is 0 Å². The molecule has 0 aromatic rings. The Morgan fingerprint density at radius 3 is 2.12 bits per heavy atom. The minimum atomic E-state index is -4.45. The maximum absolute atomic E-state index is 9.93. The molecule has 0 atom stereocenters. The van der Waals surface area contributed by atoms with Crippen molar-refractivity contribution >= 4 is 7.60 Å². The predicted octanol–water partition coefficient (Wildman–Crippen LogP) is -0.176. The number of allylic oxidation sites excluding steroid dienone is 1. The van der Waals surface area contributed by atoms with Crippen LogP contribution in [0.1, 0.15) is 13.3 Å². The fourth-order valence-electron chi connectivity index (χ4n) is 0.194. The van der Waals surface area contributed by atoms with Gasteiger partial charge in [0.15, 0.2) is 0 Å².